The van der Waals surface area contributed by atoms with Crippen LogP contribution in [0.25, 0.3) is 17.2 Å². The molecule has 1 aromatic carbocycles. The SMILES string of the molecule is CC(C)NC(=O)C(C#N)=Cc1ccc(Nc2cnc3[nH]cc(C(=O)C(C)(C)C)c3n2)cc1. The van der Waals surface area contributed by atoms with Crippen molar-refractivity contribution in [1.82, 2.24) is 20.3 Å². The largest absolute Gasteiger partial charge is 0.349 e. The predicted molar refractivity (Wildman–Crippen MR) is 124 cm³/mol. The van der Waals surface area contributed by atoms with Gasteiger partial charge in [0.1, 0.15) is 23.0 Å². The summed E-state index contributed by atoms with van der Waals surface area (Å²) in [5, 5.41) is 15.1. The zero-order valence-electron chi connectivity index (χ0n) is 18.8. The molecule has 2 heterocycles. The van der Waals surface area contributed by atoms with E-state index in [0.29, 0.717) is 22.5 Å². The van der Waals surface area contributed by atoms with Crippen LogP contribution in [0.15, 0.2) is 42.2 Å². The van der Waals surface area contributed by atoms with E-state index in [4.69, 9.17) is 0 Å². The smallest absolute Gasteiger partial charge is 0.262 e. The Morgan fingerprint density at radius 3 is 2.47 bits per heavy atom. The molecule has 0 atom stereocenters. The maximum Gasteiger partial charge on any atom is 0.262 e. The van der Waals surface area contributed by atoms with Crippen molar-refractivity contribution in [3.8, 4) is 6.07 Å². The normalized spacial score (nSPS) is 12.0. The first-order valence-corrected chi connectivity index (χ1v) is 10.3. The lowest BCUT2D eigenvalue weighted by Crippen LogP contribution is -2.30. The first-order valence-electron chi connectivity index (χ1n) is 10.3. The van der Waals surface area contributed by atoms with E-state index >= 15 is 0 Å². The van der Waals surface area contributed by atoms with E-state index in [-0.39, 0.29) is 17.4 Å². The number of Topliss-reactive ketones (excluding diaryl/α,β-unsaturated/α-hetero) is 1. The Bertz CT molecular complexity index is 1220. The molecule has 0 aliphatic rings. The minimum Gasteiger partial charge on any atom is -0.349 e. The third-order valence-corrected chi connectivity index (χ3v) is 4.59. The third kappa shape index (κ3) is 5.19. The number of carbonyl (C=O) groups excluding carboxylic acids is 2. The van der Waals surface area contributed by atoms with Crippen LogP contribution in [-0.2, 0) is 4.79 Å². The fourth-order valence-electron chi connectivity index (χ4n) is 2.99. The Morgan fingerprint density at radius 2 is 1.88 bits per heavy atom. The second-order valence-electron chi connectivity index (χ2n) is 8.78. The summed E-state index contributed by atoms with van der Waals surface area (Å²) in [5.74, 6) is 0.0823. The average molecular weight is 431 g/mol. The van der Waals surface area contributed by atoms with E-state index in [1.165, 1.54) is 6.08 Å². The maximum atomic E-state index is 12.7. The zero-order valence-corrected chi connectivity index (χ0v) is 18.8. The summed E-state index contributed by atoms with van der Waals surface area (Å²) in [6, 6.07) is 9.09. The molecule has 8 heteroatoms. The number of aromatic nitrogens is 3. The lowest BCUT2D eigenvalue weighted by atomic mass is 9.87. The van der Waals surface area contributed by atoms with Crippen molar-refractivity contribution in [2.75, 3.05) is 5.32 Å². The van der Waals surface area contributed by atoms with Gasteiger partial charge in [0.2, 0.25) is 0 Å². The van der Waals surface area contributed by atoms with Gasteiger partial charge >= 0.3 is 0 Å². The molecule has 0 saturated heterocycles. The van der Waals surface area contributed by atoms with Gasteiger partial charge in [-0.3, -0.25) is 9.59 Å². The molecule has 1 amide bonds. The number of carbonyl (C=O) groups is 2. The Morgan fingerprint density at radius 1 is 1.19 bits per heavy atom. The number of hydrogen-bond acceptors (Lipinski definition) is 6. The van der Waals surface area contributed by atoms with Crippen LogP contribution in [0.2, 0.25) is 0 Å². The van der Waals surface area contributed by atoms with Crippen molar-refractivity contribution in [3.63, 3.8) is 0 Å². The topological polar surface area (TPSA) is 124 Å². The fraction of sp³-hybridized carbons (Fsp3) is 0.292. The molecular formula is C24H26N6O2. The molecular weight excluding hydrogens is 404 g/mol. The van der Waals surface area contributed by atoms with Crippen LogP contribution >= 0.6 is 0 Å². The van der Waals surface area contributed by atoms with Crippen molar-refractivity contribution in [3.05, 3.63) is 53.4 Å². The van der Waals surface area contributed by atoms with Gasteiger partial charge in [-0.25, -0.2) is 9.97 Å². The summed E-state index contributed by atoms with van der Waals surface area (Å²) in [4.78, 5) is 36.7. The summed E-state index contributed by atoms with van der Waals surface area (Å²) in [7, 11) is 0. The lowest BCUT2D eigenvalue weighted by molar-refractivity contribution is -0.117. The van der Waals surface area contributed by atoms with Crippen molar-refractivity contribution in [2.45, 2.75) is 40.7 Å². The number of nitriles is 1. The molecule has 3 rings (SSSR count). The van der Waals surface area contributed by atoms with Gasteiger partial charge < -0.3 is 15.6 Å². The maximum absolute atomic E-state index is 12.7. The molecule has 0 aliphatic heterocycles. The molecule has 2 aromatic heterocycles. The number of benzene rings is 1. The highest BCUT2D eigenvalue weighted by Gasteiger charge is 2.26. The summed E-state index contributed by atoms with van der Waals surface area (Å²) in [5.41, 5.74) is 2.55. The Hall–Kier alpha value is -3.99. The Balaban J connectivity index is 1.81. The Labute approximate surface area is 186 Å². The summed E-state index contributed by atoms with van der Waals surface area (Å²) >= 11 is 0. The van der Waals surface area contributed by atoms with Gasteiger partial charge in [0.05, 0.1) is 11.8 Å². The fourth-order valence-corrected chi connectivity index (χ4v) is 2.99. The van der Waals surface area contributed by atoms with Gasteiger partial charge in [-0.05, 0) is 37.6 Å². The predicted octanol–water partition coefficient (Wildman–Crippen LogP) is 4.36. The average Bonchev–Trinajstić information content (AvgIpc) is 3.14. The number of H-pyrrole nitrogens is 1. The van der Waals surface area contributed by atoms with E-state index < -0.39 is 11.3 Å². The number of anilines is 2. The van der Waals surface area contributed by atoms with Crippen LogP contribution in [0, 0.1) is 16.7 Å². The summed E-state index contributed by atoms with van der Waals surface area (Å²) in [6.07, 6.45) is 4.77. The third-order valence-electron chi connectivity index (χ3n) is 4.59. The van der Waals surface area contributed by atoms with Crippen LogP contribution in [0.1, 0.15) is 50.5 Å². The molecule has 0 unspecified atom stereocenters. The van der Waals surface area contributed by atoms with Crippen molar-refractivity contribution >= 4 is 40.4 Å². The number of aromatic amines is 1. The van der Waals surface area contributed by atoms with Crippen LogP contribution < -0.4 is 10.6 Å². The second kappa shape index (κ2) is 9.02. The zero-order chi connectivity index (χ0) is 23.5. The molecule has 0 spiro atoms. The van der Waals surface area contributed by atoms with Gasteiger partial charge in [-0.2, -0.15) is 5.26 Å². The molecule has 0 fully saturated rings. The summed E-state index contributed by atoms with van der Waals surface area (Å²) in [6.45, 7) is 9.27. The summed E-state index contributed by atoms with van der Waals surface area (Å²) < 4.78 is 0. The van der Waals surface area contributed by atoms with Crippen LogP contribution in [-0.4, -0.2) is 32.7 Å². The number of ketones is 1. The highest BCUT2D eigenvalue weighted by Crippen LogP contribution is 2.26. The number of nitrogens with one attached hydrogen (secondary N) is 3. The molecule has 3 aromatic rings. The lowest BCUT2D eigenvalue weighted by Gasteiger charge is -2.15. The monoisotopic (exact) mass is 430 g/mol. The molecule has 32 heavy (non-hydrogen) atoms. The second-order valence-corrected chi connectivity index (χ2v) is 8.78. The van der Waals surface area contributed by atoms with E-state index in [9.17, 15) is 14.9 Å². The molecule has 0 radical (unpaired) electrons. The first kappa shape index (κ1) is 22.7. The first-order chi connectivity index (χ1) is 15.1. The molecule has 8 nitrogen and oxygen atoms in total. The van der Waals surface area contributed by atoms with Gasteiger partial charge in [-0.15, -0.1) is 0 Å². The minimum atomic E-state index is -0.530. The standard InChI is InChI=1S/C24H26N6O2/c1-14(2)28-23(32)16(11-25)10-15-6-8-17(9-7-15)29-19-13-27-22-20(30-19)18(12-26-22)21(31)24(3,4)5/h6-10,12-14H,1-5H3,(H,26,27)(H,28,32)(H,29,30). The van der Waals surface area contributed by atoms with E-state index in [2.05, 4.69) is 25.6 Å². The van der Waals surface area contributed by atoms with Crippen LogP contribution in [0.5, 0.6) is 0 Å². The molecule has 0 saturated carbocycles. The Kier molecular flexibility index (Phi) is 6.40. The van der Waals surface area contributed by atoms with E-state index in [1.807, 2.05) is 52.8 Å². The molecule has 0 aliphatic carbocycles. The van der Waals surface area contributed by atoms with Crippen molar-refractivity contribution < 1.29 is 9.59 Å². The van der Waals surface area contributed by atoms with Gasteiger partial charge in [0.15, 0.2) is 11.4 Å². The van der Waals surface area contributed by atoms with Crippen molar-refractivity contribution in [1.29, 1.82) is 5.26 Å². The molecule has 164 valence electrons. The van der Waals surface area contributed by atoms with Gasteiger partial charge in [0, 0.05) is 23.3 Å². The van der Waals surface area contributed by atoms with Crippen molar-refractivity contribution in [2.24, 2.45) is 5.41 Å². The van der Waals surface area contributed by atoms with Gasteiger partial charge in [-0.1, -0.05) is 32.9 Å². The number of amides is 1. The molecule has 0 bridgehead atoms. The number of fused-ring (bicyclic) bond motifs is 1. The minimum absolute atomic E-state index is 0.0128. The van der Waals surface area contributed by atoms with Gasteiger partial charge in [0.25, 0.3) is 5.91 Å². The molecule has 3 N–H and O–H groups in total. The van der Waals surface area contributed by atoms with Crippen LogP contribution in [0.4, 0.5) is 11.5 Å². The quantitative estimate of drug-likeness (QED) is 0.303. The van der Waals surface area contributed by atoms with Crippen LogP contribution in [0.3, 0.4) is 0 Å². The number of rotatable bonds is 6. The number of nitrogens with zero attached hydrogens (tertiary/aromatic N) is 3. The number of hydrogen-bond donors (Lipinski definition) is 3. The highest BCUT2D eigenvalue weighted by atomic mass is 16.1. The van der Waals surface area contributed by atoms with E-state index in [1.54, 1.807) is 24.5 Å². The van der Waals surface area contributed by atoms with E-state index in [0.717, 1.165) is 11.3 Å². The highest BCUT2D eigenvalue weighted by molar-refractivity contribution is 6.08.